The minimum absolute atomic E-state index is 0.268. The highest BCUT2D eigenvalue weighted by Crippen LogP contribution is 2.26. The average molecular weight is 308 g/mol. The normalized spacial score (nSPS) is 15.9. The monoisotopic (exact) mass is 308 g/mol. The largest absolute Gasteiger partial charge is 0.347 e. The van der Waals surface area contributed by atoms with E-state index in [0.29, 0.717) is 17.7 Å². The number of likely N-dealkylation sites (N-methyl/N-ethyl adjacent to an activating group) is 1. The highest BCUT2D eigenvalue weighted by atomic mass is 32.2. The Labute approximate surface area is 125 Å². The Morgan fingerprint density at radius 2 is 1.90 bits per heavy atom. The fourth-order valence-electron chi connectivity index (χ4n) is 2.36. The van der Waals surface area contributed by atoms with Crippen molar-refractivity contribution < 1.29 is 13.2 Å². The fraction of sp³-hybridized carbons (Fsp3) is 0.400. The fourth-order valence-corrected chi connectivity index (χ4v) is 3.73. The third-order valence-electron chi connectivity index (χ3n) is 3.50. The smallest absolute Gasteiger partial charge is 0.239 e. The molecule has 0 fully saturated rings. The van der Waals surface area contributed by atoms with Gasteiger partial charge in [0.1, 0.15) is 0 Å². The molecule has 2 rings (SSSR count). The molecule has 114 valence electrons. The Kier molecular flexibility index (Phi) is 4.49. The van der Waals surface area contributed by atoms with E-state index in [1.165, 1.54) is 4.90 Å². The molecule has 1 atom stereocenters. The molecule has 1 amide bonds. The molecule has 0 saturated heterocycles. The molecule has 0 aromatic heterocycles. The quantitative estimate of drug-likeness (QED) is 0.913. The van der Waals surface area contributed by atoms with E-state index < -0.39 is 16.1 Å². The maximum Gasteiger partial charge on any atom is 0.239 e. The van der Waals surface area contributed by atoms with E-state index in [2.05, 4.69) is 4.72 Å². The lowest BCUT2D eigenvalue weighted by molar-refractivity contribution is -0.130. The van der Waals surface area contributed by atoms with E-state index in [1.807, 2.05) is 24.3 Å². The Hall–Kier alpha value is -1.66. The first-order chi connectivity index (χ1) is 9.81. The molecule has 1 N–H and O–H groups in total. The van der Waals surface area contributed by atoms with Gasteiger partial charge in [0.15, 0.2) is 0 Å². The lowest BCUT2D eigenvalue weighted by atomic mass is 9.98. The zero-order valence-electron chi connectivity index (χ0n) is 12.5. The summed E-state index contributed by atoms with van der Waals surface area (Å²) < 4.78 is 27.2. The van der Waals surface area contributed by atoms with Crippen molar-refractivity contribution in [1.82, 2.24) is 9.62 Å². The standard InChI is InChI=1S/C15H20N2O3S/c1-11(15(18)17(2)3)16-21(19,20)14-9-8-12-6-4-5-7-13(12)10-14/h4-7,10-11,16H,8-9H2,1-3H3/t11-/m1/s1. The van der Waals surface area contributed by atoms with Crippen molar-refractivity contribution in [3.05, 3.63) is 40.3 Å². The number of benzene rings is 1. The Balaban J connectivity index is 2.22. The lowest BCUT2D eigenvalue weighted by Crippen LogP contribution is -2.44. The number of hydrogen-bond acceptors (Lipinski definition) is 3. The van der Waals surface area contributed by atoms with Crippen molar-refractivity contribution in [3.8, 4) is 0 Å². The molecule has 0 spiro atoms. The minimum atomic E-state index is -3.64. The van der Waals surface area contributed by atoms with Crippen LogP contribution < -0.4 is 4.72 Å². The van der Waals surface area contributed by atoms with Gasteiger partial charge in [0, 0.05) is 14.1 Å². The van der Waals surface area contributed by atoms with Crippen LogP contribution in [-0.2, 0) is 21.2 Å². The summed E-state index contributed by atoms with van der Waals surface area (Å²) in [6, 6.07) is 6.96. The number of nitrogens with zero attached hydrogens (tertiary/aromatic N) is 1. The van der Waals surface area contributed by atoms with Crippen LogP contribution in [0.2, 0.25) is 0 Å². The molecular formula is C15H20N2O3S. The topological polar surface area (TPSA) is 66.5 Å². The predicted octanol–water partition coefficient (Wildman–Crippen LogP) is 1.37. The maximum absolute atomic E-state index is 12.4. The number of sulfonamides is 1. The number of aryl methyl sites for hydroxylation is 1. The van der Waals surface area contributed by atoms with Crippen LogP contribution in [0, 0.1) is 0 Å². The van der Waals surface area contributed by atoms with E-state index in [-0.39, 0.29) is 5.91 Å². The van der Waals surface area contributed by atoms with Gasteiger partial charge in [0.2, 0.25) is 15.9 Å². The van der Waals surface area contributed by atoms with Gasteiger partial charge < -0.3 is 4.90 Å². The molecule has 1 aliphatic carbocycles. The highest BCUT2D eigenvalue weighted by Gasteiger charge is 2.26. The lowest BCUT2D eigenvalue weighted by Gasteiger charge is -2.21. The van der Waals surface area contributed by atoms with Crippen molar-refractivity contribution in [2.45, 2.75) is 25.8 Å². The number of fused-ring (bicyclic) bond motifs is 1. The number of carbonyl (C=O) groups excluding carboxylic acids is 1. The molecule has 6 heteroatoms. The molecule has 0 radical (unpaired) electrons. The summed E-state index contributed by atoms with van der Waals surface area (Å²) >= 11 is 0. The highest BCUT2D eigenvalue weighted by molar-refractivity contribution is 7.93. The number of amides is 1. The van der Waals surface area contributed by atoms with Gasteiger partial charge in [0.05, 0.1) is 10.9 Å². The van der Waals surface area contributed by atoms with E-state index in [0.717, 1.165) is 11.1 Å². The summed E-state index contributed by atoms with van der Waals surface area (Å²) in [5.74, 6) is -0.268. The number of rotatable bonds is 4. The van der Waals surface area contributed by atoms with Crippen molar-refractivity contribution in [2.75, 3.05) is 14.1 Å². The van der Waals surface area contributed by atoms with E-state index in [1.54, 1.807) is 27.1 Å². The first-order valence-electron chi connectivity index (χ1n) is 6.83. The van der Waals surface area contributed by atoms with Crippen LogP contribution in [0.4, 0.5) is 0 Å². The molecular weight excluding hydrogens is 288 g/mol. The molecule has 1 aromatic carbocycles. The zero-order chi connectivity index (χ0) is 15.6. The summed E-state index contributed by atoms with van der Waals surface area (Å²) in [5.41, 5.74) is 2.07. The third-order valence-corrected chi connectivity index (χ3v) is 5.18. The summed E-state index contributed by atoms with van der Waals surface area (Å²) in [6.45, 7) is 1.55. The van der Waals surface area contributed by atoms with Gasteiger partial charge in [-0.3, -0.25) is 4.79 Å². The zero-order valence-corrected chi connectivity index (χ0v) is 13.3. The molecule has 0 heterocycles. The molecule has 0 unspecified atom stereocenters. The molecule has 21 heavy (non-hydrogen) atoms. The van der Waals surface area contributed by atoms with Crippen molar-refractivity contribution in [3.63, 3.8) is 0 Å². The van der Waals surface area contributed by atoms with Crippen LogP contribution in [0.1, 0.15) is 24.5 Å². The van der Waals surface area contributed by atoms with Crippen LogP contribution in [-0.4, -0.2) is 39.4 Å². The summed E-state index contributed by atoms with van der Waals surface area (Å²) in [4.78, 5) is 13.5. The van der Waals surface area contributed by atoms with Gasteiger partial charge in [-0.25, -0.2) is 8.42 Å². The molecule has 0 bridgehead atoms. The average Bonchev–Trinajstić information content (AvgIpc) is 2.45. The number of carbonyl (C=O) groups is 1. The van der Waals surface area contributed by atoms with Crippen LogP contribution in [0.15, 0.2) is 29.2 Å². The van der Waals surface area contributed by atoms with Crippen molar-refractivity contribution in [1.29, 1.82) is 0 Å². The van der Waals surface area contributed by atoms with Gasteiger partial charge in [-0.2, -0.15) is 4.72 Å². The van der Waals surface area contributed by atoms with E-state index in [4.69, 9.17) is 0 Å². The van der Waals surface area contributed by atoms with Gasteiger partial charge in [-0.15, -0.1) is 0 Å². The maximum atomic E-state index is 12.4. The SMILES string of the molecule is C[C@@H](NS(=O)(=O)C1=Cc2ccccc2CC1)C(=O)N(C)C. The first-order valence-corrected chi connectivity index (χ1v) is 8.31. The Morgan fingerprint density at radius 1 is 1.24 bits per heavy atom. The van der Waals surface area contributed by atoms with Gasteiger partial charge >= 0.3 is 0 Å². The Bertz CT molecular complexity index is 678. The van der Waals surface area contributed by atoms with Gasteiger partial charge in [0.25, 0.3) is 0 Å². The number of allylic oxidation sites excluding steroid dienone is 1. The third kappa shape index (κ3) is 3.51. The van der Waals surface area contributed by atoms with Crippen LogP contribution >= 0.6 is 0 Å². The minimum Gasteiger partial charge on any atom is -0.347 e. The molecule has 1 aliphatic rings. The van der Waals surface area contributed by atoms with Crippen LogP contribution in [0.3, 0.4) is 0 Å². The second-order valence-corrected chi connectivity index (χ2v) is 7.15. The molecule has 0 aliphatic heterocycles. The second kappa shape index (κ2) is 5.99. The predicted molar refractivity (Wildman–Crippen MR) is 83.0 cm³/mol. The van der Waals surface area contributed by atoms with Gasteiger partial charge in [-0.05, 0) is 37.0 Å². The number of hydrogen-bond donors (Lipinski definition) is 1. The van der Waals surface area contributed by atoms with Crippen molar-refractivity contribution in [2.24, 2.45) is 0 Å². The molecule has 1 aromatic rings. The number of nitrogens with one attached hydrogen (secondary N) is 1. The summed E-state index contributed by atoms with van der Waals surface area (Å²) in [6.07, 6.45) is 2.84. The summed E-state index contributed by atoms with van der Waals surface area (Å²) in [5, 5.41) is 0. The van der Waals surface area contributed by atoms with Crippen LogP contribution in [0.5, 0.6) is 0 Å². The van der Waals surface area contributed by atoms with Gasteiger partial charge in [-0.1, -0.05) is 24.3 Å². The second-order valence-electron chi connectivity index (χ2n) is 5.39. The van der Waals surface area contributed by atoms with E-state index in [9.17, 15) is 13.2 Å². The van der Waals surface area contributed by atoms with Crippen molar-refractivity contribution >= 4 is 22.0 Å². The molecule has 5 nitrogen and oxygen atoms in total. The van der Waals surface area contributed by atoms with Crippen LogP contribution in [0.25, 0.3) is 6.08 Å². The summed E-state index contributed by atoms with van der Waals surface area (Å²) in [7, 11) is -0.439. The van der Waals surface area contributed by atoms with E-state index >= 15 is 0 Å². The Morgan fingerprint density at radius 3 is 2.57 bits per heavy atom. The molecule has 0 saturated carbocycles. The first kappa shape index (κ1) is 15.7.